The highest BCUT2D eigenvalue weighted by Crippen LogP contribution is 2.47. The summed E-state index contributed by atoms with van der Waals surface area (Å²) in [5.41, 5.74) is -6.45. The van der Waals surface area contributed by atoms with Crippen molar-refractivity contribution < 1.29 is 40.6 Å². The minimum atomic E-state index is -4.66. The summed E-state index contributed by atoms with van der Waals surface area (Å²) in [4.78, 5) is 6.79. The van der Waals surface area contributed by atoms with Gasteiger partial charge in [0.25, 0.3) is 0 Å². The molecule has 0 bridgehead atoms. The molecule has 4 rings (SSSR count). The molecule has 1 aromatic carbocycles. The number of hydrogen-bond acceptors (Lipinski definition) is 7. The van der Waals surface area contributed by atoms with Gasteiger partial charge in [0, 0.05) is 11.6 Å². The van der Waals surface area contributed by atoms with Crippen LogP contribution >= 0.6 is 0 Å². The summed E-state index contributed by atoms with van der Waals surface area (Å²) >= 11 is 0. The third kappa shape index (κ3) is 4.82. The Morgan fingerprint density at radius 3 is 2.00 bits per heavy atom. The fourth-order valence-corrected chi connectivity index (χ4v) is 3.25. The Balaban J connectivity index is 1.65. The largest absolute Gasteiger partial charge is 0.454 e. The Morgan fingerprint density at radius 1 is 0.861 bits per heavy atom. The zero-order valence-corrected chi connectivity index (χ0v) is 17.7. The maximum atomic E-state index is 15.7. The van der Waals surface area contributed by atoms with E-state index in [-0.39, 0.29) is 11.5 Å². The van der Waals surface area contributed by atoms with Crippen LogP contribution in [0.25, 0.3) is 0 Å². The van der Waals surface area contributed by atoms with Crippen LogP contribution in [0.2, 0.25) is 0 Å². The Bertz CT molecular complexity index is 1330. The molecule has 188 valence electrons. The maximum Gasteiger partial charge on any atom is 0.433 e. The van der Waals surface area contributed by atoms with E-state index in [1.54, 1.807) is 0 Å². The van der Waals surface area contributed by atoms with Crippen molar-refractivity contribution in [2.24, 2.45) is 0 Å². The molecule has 36 heavy (non-hydrogen) atoms. The number of alkyl halides is 5. The molecule has 0 saturated heterocycles. The minimum Gasteiger partial charge on any atom is -0.454 e. The summed E-state index contributed by atoms with van der Waals surface area (Å²) < 4.78 is 103. The van der Waals surface area contributed by atoms with E-state index in [9.17, 15) is 27.1 Å². The van der Waals surface area contributed by atoms with Crippen molar-refractivity contribution in [3.63, 3.8) is 0 Å². The van der Waals surface area contributed by atoms with Crippen molar-refractivity contribution in [1.29, 1.82) is 0 Å². The number of aromatic nitrogens is 6. The lowest BCUT2D eigenvalue weighted by atomic mass is 9.84. The molecule has 4 aromatic rings. The first-order valence-electron chi connectivity index (χ1n) is 9.84. The molecule has 0 radical (unpaired) electrons. The van der Waals surface area contributed by atoms with Gasteiger partial charge in [-0.1, -0.05) is 0 Å². The Labute approximate surface area is 197 Å². The second-order valence-corrected chi connectivity index (χ2v) is 7.42. The topological polar surface area (TPSA) is 98.8 Å². The molecule has 0 aliphatic carbocycles. The zero-order chi connectivity index (χ0) is 26.1. The van der Waals surface area contributed by atoms with Crippen LogP contribution in [0, 0.1) is 11.6 Å². The lowest BCUT2D eigenvalue weighted by molar-refractivity contribution is -0.207. The first-order valence-corrected chi connectivity index (χ1v) is 9.84. The lowest BCUT2D eigenvalue weighted by Crippen LogP contribution is -2.48. The van der Waals surface area contributed by atoms with Crippen LogP contribution in [-0.2, 0) is 24.2 Å². The average molecular weight is 514 g/mol. The van der Waals surface area contributed by atoms with Crippen molar-refractivity contribution in [2.75, 3.05) is 0 Å². The number of halogens is 7. The zero-order valence-electron chi connectivity index (χ0n) is 17.7. The molecule has 0 fully saturated rings. The Kier molecular flexibility index (Phi) is 6.34. The van der Waals surface area contributed by atoms with Crippen molar-refractivity contribution in [3.05, 3.63) is 89.8 Å². The van der Waals surface area contributed by atoms with Crippen LogP contribution < -0.4 is 4.74 Å². The highest BCUT2D eigenvalue weighted by Gasteiger charge is 2.58. The van der Waals surface area contributed by atoms with Gasteiger partial charge in [0.05, 0.1) is 18.9 Å². The number of pyridine rings is 2. The molecule has 1 N–H and O–H groups in total. The van der Waals surface area contributed by atoms with Gasteiger partial charge in [-0.15, -0.1) is 5.10 Å². The van der Waals surface area contributed by atoms with E-state index in [0.29, 0.717) is 24.3 Å². The summed E-state index contributed by atoms with van der Waals surface area (Å²) in [6.45, 7) is -1.04. The third-order valence-electron chi connectivity index (χ3n) is 5.00. The van der Waals surface area contributed by atoms with Crippen molar-refractivity contribution in [1.82, 2.24) is 30.2 Å². The van der Waals surface area contributed by atoms with E-state index in [2.05, 4.69) is 25.5 Å². The monoisotopic (exact) mass is 514 g/mol. The van der Waals surface area contributed by atoms with E-state index < -0.39 is 52.8 Å². The van der Waals surface area contributed by atoms with E-state index in [1.165, 1.54) is 0 Å². The van der Waals surface area contributed by atoms with E-state index in [4.69, 9.17) is 4.74 Å². The van der Waals surface area contributed by atoms with Gasteiger partial charge in [-0.2, -0.15) is 22.0 Å². The Morgan fingerprint density at radius 2 is 1.50 bits per heavy atom. The number of ether oxygens (including phenoxy) is 1. The first kappa shape index (κ1) is 25.0. The van der Waals surface area contributed by atoms with Gasteiger partial charge in [-0.25, -0.2) is 18.4 Å². The number of rotatable bonds is 7. The maximum absolute atomic E-state index is 15.7. The molecule has 0 amide bonds. The highest BCUT2D eigenvalue weighted by molar-refractivity contribution is 5.34. The smallest absolute Gasteiger partial charge is 0.433 e. The van der Waals surface area contributed by atoms with E-state index >= 15 is 8.78 Å². The number of tetrazole rings is 1. The summed E-state index contributed by atoms with van der Waals surface area (Å²) in [6.07, 6.45) is -2.14. The molecule has 0 aliphatic rings. The van der Waals surface area contributed by atoms with Gasteiger partial charge in [-0.3, -0.25) is 4.98 Å². The molecule has 8 nitrogen and oxygen atoms in total. The molecule has 3 heterocycles. The predicted octanol–water partition coefficient (Wildman–Crippen LogP) is 4.23. The van der Waals surface area contributed by atoms with Crippen LogP contribution in [0.5, 0.6) is 11.5 Å². The highest BCUT2D eigenvalue weighted by atomic mass is 19.4. The molecule has 15 heteroatoms. The van der Waals surface area contributed by atoms with E-state index in [1.807, 2.05) is 0 Å². The summed E-state index contributed by atoms with van der Waals surface area (Å²) in [7, 11) is 0. The van der Waals surface area contributed by atoms with Gasteiger partial charge in [0.15, 0.2) is 5.60 Å². The van der Waals surface area contributed by atoms with E-state index in [0.717, 1.165) is 41.6 Å². The molecule has 0 spiro atoms. The fourth-order valence-electron chi connectivity index (χ4n) is 3.25. The lowest BCUT2D eigenvalue weighted by Gasteiger charge is -2.35. The summed E-state index contributed by atoms with van der Waals surface area (Å²) in [6, 6.07) is 5.10. The average Bonchev–Trinajstić information content (AvgIpc) is 3.32. The van der Waals surface area contributed by atoms with Gasteiger partial charge < -0.3 is 9.84 Å². The number of nitrogens with zero attached hydrogens (tertiary/aromatic N) is 6. The van der Waals surface area contributed by atoms with Crippen LogP contribution in [0.15, 0.2) is 61.2 Å². The molecule has 1 unspecified atom stereocenters. The number of aliphatic hydroxyl groups is 1. The van der Waals surface area contributed by atoms with Crippen molar-refractivity contribution in [3.8, 4) is 11.5 Å². The summed E-state index contributed by atoms with van der Waals surface area (Å²) in [5.74, 6) is -7.06. The predicted molar refractivity (Wildman–Crippen MR) is 106 cm³/mol. The second kappa shape index (κ2) is 9.14. The third-order valence-corrected chi connectivity index (χ3v) is 5.00. The second-order valence-electron chi connectivity index (χ2n) is 7.42. The van der Waals surface area contributed by atoms with Crippen molar-refractivity contribution in [2.45, 2.75) is 24.2 Å². The van der Waals surface area contributed by atoms with Crippen LogP contribution in [-0.4, -0.2) is 35.3 Å². The molecule has 3 aromatic heterocycles. The normalized spacial score (nSPS) is 13.9. The van der Waals surface area contributed by atoms with Crippen LogP contribution in [0.3, 0.4) is 0 Å². The molecule has 0 aliphatic heterocycles. The van der Waals surface area contributed by atoms with Gasteiger partial charge >= 0.3 is 12.1 Å². The standard InChI is InChI=1S/C21H13F7N6O2/c22-12-1-4-15(16(23)7-12)19(35,10-34-11-31-32-33-34)20(24,25)17-5-2-13(8-29-17)36-14-3-6-18(30-9-14)21(26,27)28/h1-9,11,35H,10H2. The first-order chi connectivity index (χ1) is 16.9. The van der Waals surface area contributed by atoms with Crippen LogP contribution in [0.4, 0.5) is 30.7 Å². The molecule has 1 atom stereocenters. The van der Waals surface area contributed by atoms with Crippen LogP contribution in [0.1, 0.15) is 17.0 Å². The quantitative estimate of drug-likeness (QED) is 0.369. The number of hydrogen-bond donors (Lipinski definition) is 1. The minimum absolute atomic E-state index is 0.132. The van der Waals surface area contributed by atoms with Gasteiger partial charge in [0.2, 0.25) is 0 Å². The molecule has 0 saturated carbocycles. The van der Waals surface area contributed by atoms with Crippen molar-refractivity contribution >= 4 is 0 Å². The Hall–Kier alpha value is -4.14. The van der Waals surface area contributed by atoms with Gasteiger partial charge in [0.1, 0.15) is 40.8 Å². The molecular weight excluding hydrogens is 501 g/mol. The fraction of sp³-hybridized carbons (Fsp3) is 0.190. The summed E-state index contributed by atoms with van der Waals surface area (Å²) in [5, 5.41) is 21.1. The molecular formula is C21H13F7N6O2. The van der Waals surface area contributed by atoms with Gasteiger partial charge in [-0.05, 0) is 46.8 Å². The SMILES string of the molecule is OC(Cn1cnnn1)(c1ccc(F)cc1F)C(F)(F)c1ccc(Oc2ccc(C(F)(F)F)nc2)cn1. The number of benzene rings is 1.